The lowest BCUT2D eigenvalue weighted by molar-refractivity contribution is 0.590. The van der Waals surface area contributed by atoms with Crippen LogP contribution in [0.3, 0.4) is 0 Å². The van der Waals surface area contributed by atoms with Gasteiger partial charge in [0.05, 0.1) is 11.9 Å². The van der Waals surface area contributed by atoms with Crippen LogP contribution in [0.25, 0.3) is 11.3 Å². The summed E-state index contributed by atoms with van der Waals surface area (Å²) in [6.45, 7) is 6.54. The van der Waals surface area contributed by atoms with Crippen LogP contribution in [-0.4, -0.2) is 9.97 Å². The number of rotatable bonds is 1. The molecule has 3 heteroatoms. The highest BCUT2D eigenvalue weighted by molar-refractivity contribution is 5.74. The topological polar surface area (TPSA) is 51.8 Å². The van der Waals surface area contributed by atoms with Gasteiger partial charge in [0.2, 0.25) is 0 Å². The molecule has 2 rings (SSSR count). The normalized spacial score (nSPS) is 11.5. The molecule has 0 radical (unpaired) electrons. The molecular formula is C14H17N3. The van der Waals surface area contributed by atoms with E-state index in [2.05, 4.69) is 42.9 Å². The molecule has 0 unspecified atom stereocenters. The highest BCUT2D eigenvalue weighted by Gasteiger charge is 2.15. The lowest BCUT2D eigenvalue weighted by Gasteiger charge is -2.20. The average Bonchev–Trinajstić information content (AvgIpc) is 2.29. The number of anilines is 1. The Morgan fingerprint density at radius 1 is 1.12 bits per heavy atom. The smallest absolute Gasteiger partial charge is 0.0905 e. The molecule has 0 atom stereocenters. The first-order valence-corrected chi connectivity index (χ1v) is 5.65. The third-order valence-corrected chi connectivity index (χ3v) is 2.76. The summed E-state index contributed by atoms with van der Waals surface area (Å²) in [5.74, 6) is 0. The van der Waals surface area contributed by atoms with E-state index in [0.717, 1.165) is 16.9 Å². The minimum Gasteiger partial charge on any atom is -0.398 e. The van der Waals surface area contributed by atoms with E-state index in [4.69, 9.17) is 5.73 Å². The summed E-state index contributed by atoms with van der Waals surface area (Å²) in [7, 11) is 0. The maximum absolute atomic E-state index is 6.00. The molecule has 0 saturated carbocycles. The second kappa shape index (κ2) is 4.17. The van der Waals surface area contributed by atoms with Gasteiger partial charge in [0.25, 0.3) is 0 Å². The molecule has 0 spiro atoms. The van der Waals surface area contributed by atoms with Gasteiger partial charge in [0.1, 0.15) is 0 Å². The molecule has 0 saturated heterocycles. The Bertz CT molecular complexity index is 513. The zero-order valence-electron chi connectivity index (χ0n) is 10.4. The van der Waals surface area contributed by atoms with Crippen molar-refractivity contribution in [3.8, 4) is 11.3 Å². The lowest BCUT2D eigenvalue weighted by Crippen LogP contribution is -2.11. The molecule has 2 aromatic rings. The fourth-order valence-electron chi connectivity index (χ4n) is 1.68. The Kier molecular flexibility index (Phi) is 2.84. The first-order valence-electron chi connectivity index (χ1n) is 5.65. The number of hydrogen-bond donors (Lipinski definition) is 1. The Labute approximate surface area is 102 Å². The summed E-state index contributed by atoms with van der Waals surface area (Å²) >= 11 is 0. The maximum atomic E-state index is 6.00. The van der Waals surface area contributed by atoms with Gasteiger partial charge in [0, 0.05) is 23.6 Å². The van der Waals surface area contributed by atoms with Crippen molar-refractivity contribution in [1.82, 2.24) is 9.97 Å². The van der Waals surface area contributed by atoms with Gasteiger partial charge < -0.3 is 5.73 Å². The first-order chi connectivity index (χ1) is 7.98. The molecule has 1 aromatic carbocycles. The predicted molar refractivity (Wildman–Crippen MR) is 70.6 cm³/mol. The molecule has 0 aliphatic carbocycles. The molecule has 1 heterocycles. The van der Waals surface area contributed by atoms with Crippen LogP contribution in [0.5, 0.6) is 0 Å². The Hall–Kier alpha value is -1.90. The minimum atomic E-state index is 0.102. The fraction of sp³-hybridized carbons (Fsp3) is 0.286. The summed E-state index contributed by atoms with van der Waals surface area (Å²) < 4.78 is 0. The zero-order valence-corrected chi connectivity index (χ0v) is 10.4. The second-order valence-electron chi connectivity index (χ2n) is 5.14. The van der Waals surface area contributed by atoms with Gasteiger partial charge in [-0.25, -0.2) is 0 Å². The standard InChI is InChI=1S/C14H17N3/c1-14(2,3)10-4-5-12(15)11(8-10)13-9-16-6-7-17-13/h4-9H,15H2,1-3H3. The van der Waals surface area contributed by atoms with Crippen LogP contribution in [0.4, 0.5) is 5.69 Å². The third-order valence-electron chi connectivity index (χ3n) is 2.76. The summed E-state index contributed by atoms with van der Waals surface area (Å²) in [6, 6.07) is 6.10. The van der Waals surface area contributed by atoms with Crippen molar-refractivity contribution >= 4 is 5.69 Å². The van der Waals surface area contributed by atoms with Crippen LogP contribution in [0.15, 0.2) is 36.8 Å². The third kappa shape index (κ3) is 2.44. The molecule has 0 amide bonds. The van der Waals surface area contributed by atoms with Gasteiger partial charge in [-0.3, -0.25) is 9.97 Å². The molecule has 0 fully saturated rings. The van der Waals surface area contributed by atoms with E-state index in [1.54, 1.807) is 18.6 Å². The van der Waals surface area contributed by atoms with Crippen molar-refractivity contribution in [2.45, 2.75) is 26.2 Å². The van der Waals surface area contributed by atoms with E-state index in [1.807, 2.05) is 6.07 Å². The minimum absolute atomic E-state index is 0.102. The van der Waals surface area contributed by atoms with Crippen LogP contribution < -0.4 is 5.73 Å². The average molecular weight is 227 g/mol. The highest BCUT2D eigenvalue weighted by Crippen LogP contribution is 2.30. The SMILES string of the molecule is CC(C)(C)c1ccc(N)c(-c2cnccn2)c1. The molecule has 0 aliphatic heterocycles. The van der Waals surface area contributed by atoms with Crippen molar-refractivity contribution in [1.29, 1.82) is 0 Å². The van der Waals surface area contributed by atoms with Crippen molar-refractivity contribution in [2.75, 3.05) is 5.73 Å². The Morgan fingerprint density at radius 3 is 2.47 bits per heavy atom. The van der Waals surface area contributed by atoms with E-state index >= 15 is 0 Å². The molecule has 2 N–H and O–H groups in total. The van der Waals surface area contributed by atoms with Crippen LogP contribution >= 0.6 is 0 Å². The number of aromatic nitrogens is 2. The Morgan fingerprint density at radius 2 is 1.88 bits per heavy atom. The largest absolute Gasteiger partial charge is 0.398 e. The first kappa shape index (κ1) is 11.6. The maximum Gasteiger partial charge on any atom is 0.0905 e. The van der Waals surface area contributed by atoms with E-state index in [0.29, 0.717) is 0 Å². The number of hydrogen-bond acceptors (Lipinski definition) is 3. The van der Waals surface area contributed by atoms with Gasteiger partial charge >= 0.3 is 0 Å². The van der Waals surface area contributed by atoms with Gasteiger partial charge in [-0.05, 0) is 23.1 Å². The lowest BCUT2D eigenvalue weighted by atomic mass is 9.85. The summed E-state index contributed by atoms with van der Waals surface area (Å²) in [5, 5.41) is 0. The van der Waals surface area contributed by atoms with Crippen LogP contribution in [0.2, 0.25) is 0 Å². The van der Waals surface area contributed by atoms with Crippen LogP contribution in [0.1, 0.15) is 26.3 Å². The van der Waals surface area contributed by atoms with Crippen molar-refractivity contribution in [3.63, 3.8) is 0 Å². The fourth-order valence-corrected chi connectivity index (χ4v) is 1.68. The molecule has 1 aromatic heterocycles. The van der Waals surface area contributed by atoms with E-state index in [-0.39, 0.29) is 5.41 Å². The van der Waals surface area contributed by atoms with Crippen molar-refractivity contribution in [3.05, 3.63) is 42.4 Å². The second-order valence-corrected chi connectivity index (χ2v) is 5.14. The van der Waals surface area contributed by atoms with Crippen molar-refractivity contribution in [2.24, 2.45) is 0 Å². The number of benzene rings is 1. The number of nitrogens with two attached hydrogens (primary N) is 1. The number of nitrogens with zero attached hydrogens (tertiary/aromatic N) is 2. The van der Waals surface area contributed by atoms with Gasteiger partial charge in [-0.15, -0.1) is 0 Å². The van der Waals surface area contributed by atoms with E-state index in [9.17, 15) is 0 Å². The predicted octanol–water partition coefficient (Wildman–Crippen LogP) is 3.02. The molecule has 88 valence electrons. The summed E-state index contributed by atoms with van der Waals surface area (Å²) in [5.41, 5.74) is 9.84. The molecule has 3 nitrogen and oxygen atoms in total. The van der Waals surface area contributed by atoms with E-state index < -0.39 is 0 Å². The zero-order chi connectivity index (χ0) is 12.5. The van der Waals surface area contributed by atoms with Gasteiger partial charge in [0.15, 0.2) is 0 Å². The molecule has 17 heavy (non-hydrogen) atoms. The summed E-state index contributed by atoms with van der Waals surface area (Å²) in [4.78, 5) is 8.37. The molecular weight excluding hydrogens is 210 g/mol. The van der Waals surface area contributed by atoms with E-state index in [1.165, 1.54) is 5.56 Å². The van der Waals surface area contributed by atoms with Gasteiger partial charge in [-0.2, -0.15) is 0 Å². The van der Waals surface area contributed by atoms with Crippen molar-refractivity contribution < 1.29 is 0 Å². The van der Waals surface area contributed by atoms with Crippen LogP contribution in [0, 0.1) is 0 Å². The van der Waals surface area contributed by atoms with Crippen LogP contribution in [-0.2, 0) is 5.41 Å². The molecule has 0 bridgehead atoms. The monoisotopic (exact) mass is 227 g/mol. The number of nitrogen functional groups attached to an aromatic ring is 1. The quantitative estimate of drug-likeness (QED) is 0.762. The summed E-state index contributed by atoms with van der Waals surface area (Å²) in [6.07, 6.45) is 5.07. The molecule has 0 aliphatic rings. The van der Waals surface area contributed by atoms with Gasteiger partial charge in [-0.1, -0.05) is 26.8 Å². The Balaban J connectivity index is 2.55. The highest BCUT2D eigenvalue weighted by atomic mass is 14.8.